The van der Waals surface area contributed by atoms with Crippen LogP contribution in [-0.4, -0.2) is 16.8 Å². The number of benzene rings is 1. The molecule has 2 aromatic rings. The summed E-state index contributed by atoms with van der Waals surface area (Å²) in [5.74, 6) is 0.270. The van der Waals surface area contributed by atoms with Gasteiger partial charge in [-0.25, -0.2) is 0 Å². The van der Waals surface area contributed by atoms with E-state index in [-0.39, 0.29) is 5.75 Å². The number of aliphatic hydroxyl groups excluding tert-OH is 1. The number of aliphatic hydroxyl groups is 1. The third kappa shape index (κ3) is 3.56. The van der Waals surface area contributed by atoms with Gasteiger partial charge in [-0.3, -0.25) is 0 Å². The van der Waals surface area contributed by atoms with Gasteiger partial charge in [0.05, 0.1) is 6.10 Å². The molecule has 3 nitrogen and oxygen atoms in total. The Balaban J connectivity index is 1.78. The Morgan fingerprint density at radius 1 is 1.18 bits per heavy atom. The molecule has 0 saturated heterocycles. The number of hydrogen-bond acceptors (Lipinski definition) is 4. The van der Waals surface area contributed by atoms with E-state index in [4.69, 9.17) is 5.11 Å². The largest absolute Gasteiger partial charge is 0.508 e. The van der Waals surface area contributed by atoms with Crippen molar-refractivity contribution in [3.8, 4) is 5.75 Å². The van der Waals surface area contributed by atoms with Crippen molar-refractivity contribution in [2.45, 2.75) is 12.6 Å². The highest BCUT2D eigenvalue weighted by Crippen LogP contribution is 2.15. The van der Waals surface area contributed by atoms with Crippen molar-refractivity contribution in [1.29, 1.82) is 0 Å². The fraction of sp³-hybridized carbons (Fsp3) is 0.231. The molecule has 0 fully saturated rings. The Morgan fingerprint density at radius 3 is 2.59 bits per heavy atom. The first-order chi connectivity index (χ1) is 8.25. The summed E-state index contributed by atoms with van der Waals surface area (Å²) >= 11 is 1.58. The van der Waals surface area contributed by atoms with Gasteiger partial charge in [0.15, 0.2) is 0 Å². The van der Waals surface area contributed by atoms with Gasteiger partial charge in [-0.05, 0) is 40.1 Å². The molecule has 2 rings (SSSR count). The quantitative estimate of drug-likeness (QED) is 0.762. The molecule has 3 N–H and O–H groups in total. The molecule has 1 aromatic heterocycles. The van der Waals surface area contributed by atoms with Gasteiger partial charge < -0.3 is 15.5 Å². The predicted octanol–water partition coefficient (Wildman–Crippen LogP) is 2.28. The van der Waals surface area contributed by atoms with Gasteiger partial charge in [0.25, 0.3) is 0 Å². The molecule has 1 aromatic carbocycles. The lowest BCUT2D eigenvalue weighted by atomic mass is 10.2. The molecular formula is C13H15NO2S. The molecule has 0 spiro atoms. The molecule has 4 heteroatoms. The molecule has 0 aliphatic carbocycles. The van der Waals surface area contributed by atoms with Crippen molar-refractivity contribution >= 4 is 11.3 Å². The summed E-state index contributed by atoms with van der Waals surface area (Å²) < 4.78 is 0. The van der Waals surface area contributed by atoms with Crippen molar-refractivity contribution in [2.24, 2.45) is 0 Å². The zero-order valence-electron chi connectivity index (χ0n) is 9.34. The highest BCUT2D eigenvalue weighted by molar-refractivity contribution is 7.07. The van der Waals surface area contributed by atoms with Crippen molar-refractivity contribution in [2.75, 3.05) is 6.54 Å². The second kappa shape index (κ2) is 5.82. The van der Waals surface area contributed by atoms with Gasteiger partial charge in [0.1, 0.15) is 5.75 Å². The number of hydrogen-bond donors (Lipinski definition) is 3. The van der Waals surface area contributed by atoms with Crippen LogP contribution in [0.1, 0.15) is 17.2 Å². The van der Waals surface area contributed by atoms with Gasteiger partial charge in [0.2, 0.25) is 0 Å². The fourth-order valence-electron chi connectivity index (χ4n) is 1.55. The molecule has 90 valence electrons. The van der Waals surface area contributed by atoms with Crippen LogP contribution in [0.4, 0.5) is 0 Å². The van der Waals surface area contributed by atoms with E-state index in [2.05, 4.69) is 5.32 Å². The second-order valence-electron chi connectivity index (χ2n) is 3.87. The van der Waals surface area contributed by atoms with Crippen LogP contribution in [0.2, 0.25) is 0 Å². The molecule has 1 heterocycles. The lowest BCUT2D eigenvalue weighted by Crippen LogP contribution is -2.20. The van der Waals surface area contributed by atoms with E-state index in [0.29, 0.717) is 13.1 Å². The summed E-state index contributed by atoms with van der Waals surface area (Å²) in [6, 6.07) is 8.97. The highest BCUT2D eigenvalue weighted by Gasteiger charge is 2.06. The Kier molecular flexibility index (Phi) is 4.14. The number of phenolic OH excluding ortho intramolecular Hbond substituents is 1. The Labute approximate surface area is 104 Å². The average Bonchev–Trinajstić information content (AvgIpc) is 2.85. The maximum absolute atomic E-state index is 9.84. The van der Waals surface area contributed by atoms with E-state index >= 15 is 0 Å². The SMILES string of the molecule is Oc1ccc(CNCC(O)c2ccsc2)cc1. The third-order valence-corrected chi connectivity index (χ3v) is 3.23. The lowest BCUT2D eigenvalue weighted by Gasteiger charge is -2.10. The normalized spacial score (nSPS) is 12.5. The smallest absolute Gasteiger partial charge is 0.115 e. The Bertz CT molecular complexity index is 439. The first-order valence-electron chi connectivity index (χ1n) is 5.44. The van der Waals surface area contributed by atoms with Crippen molar-refractivity contribution in [3.63, 3.8) is 0 Å². The minimum Gasteiger partial charge on any atom is -0.508 e. The van der Waals surface area contributed by atoms with E-state index in [9.17, 15) is 5.11 Å². The summed E-state index contributed by atoms with van der Waals surface area (Å²) in [6.45, 7) is 1.21. The summed E-state index contributed by atoms with van der Waals surface area (Å²) in [4.78, 5) is 0. The minimum atomic E-state index is -0.460. The summed E-state index contributed by atoms with van der Waals surface area (Å²) in [5.41, 5.74) is 2.04. The number of rotatable bonds is 5. The van der Waals surface area contributed by atoms with E-state index in [1.807, 2.05) is 29.0 Å². The van der Waals surface area contributed by atoms with Crippen LogP contribution in [0.25, 0.3) is 0 Å². The molecule has 0 radical (unpaired) electrons. The first kappa shape index (κ1) is 12.1. The van der Waals surface area contributed by atoms with Crippen LogP contribution in [0.15, 0.2) is 41.1 Å². The van der Waals surface area contributed by atoms with Crippen LogP contribution in [0.5, 0.6) is 5.75 Å². The maximum atomic E-state index is 9.84. The topological polar surface area (TPSA) is 52.5 Å². The van der Waals surface area contributed by atoms with Crippen molar-refractivity contribution in [1.82, 2.24) is 5.32 Å². The number of phenols is 1. The van der Waals surface area contributed by atoms with Gasteiger partial charge in [0, 0.05) is 13.1 Å². The molecule has 0 saturated carbocycles. The molecule has 0 aliphatic heterocycles. The van der Waals surface area contributed by atoms with Crippen LogP contribution in [-0.2, 0) is 6.54 Å². The van der Waals surface area contributed by atoms with Crippen molar-refractivity contribution in [3.05, 3.63) is 52.2 Å². The molecule has 17 heavy (non-hydrogen) atoms. The van der Waals surface area contributed by atoms with Crippen LogP contribution in [0.3, 0.4) is 0 Å². The van der Waals surface area contributed by atoms with E-state index < -0.39 is 6.10 Å². The lowest BCUT2D eigenvalue weighted by molar-refractivity contribution is 0.175. The van der Waals surface area contributed by atoms with Gasteiger partial charge in [-0.2, -0.15) is 11.3 Å². The molecule has 1 atom stereocenters. The van der Waals surface area contributed by atoms with Crippen LogP contribution >= 0.6 is 11.3 Å². The minimum absolute atomic E-state index is 0.270. The van der Waals surface area contributed by atoms with E-state index in [1.165, 1.54) is 0 Å². The summed E-state index contributed by atoms with van der Waals surface area (Å²) in [5, 5.41) is 26.1. The first-order valence-corrected chi connectivity index (χ1v) is 6.39. The summed E-state index contributed by atoms with van der Waals surface area (Å²) in [7, 11) is 0. The van der Waals surface area contributed by atoms with Gasteiger partial charge in [-0.15, -0.1) is 0 Å². The standard InChI is InChI=1S/C13H15NO2S/c15-12-3-1-10(2-4-12)7-14-8-13(16)11-5-6-17-9-11/h1-6,9,13-16H,7-8H2. The molecular weight excluding hydrogens is 234 g/mol. The molecule has 1 unspecified atom stereocenters. The average molecular weight is 249 g/mol. The monoisotopic (exact) mass is 249 g/mol. The van der Waals surface area contributed by atoms with Crippen LogP contribution < -0.4 is 5.32 Å². The molecule has 0 aliphatic rings. The van der Waals surface area contributed by atoms with Gasteiger partial charge >= 0.3 is 0 Å². The Morgan fingerprint density at radius 2 is 1.94 bits per heavy atom. The van der Waals surface area contributed by atoms with Crippen molar-refractivity contribution < 1.29 is 10.2 Å². The number of nitrogens with one attached hydrogen (secondary N) is 1. The number of aromatic hydroxyl groups is 1. The molecule has 0 amide bonds. The fourth-order valence-corrected chi connectivity index (χ4v) is 2.26. The second-order valence-corrected chi connectivity index (χ2v) is 4.65. The Hall–Kier alpha value is -1.36. The zero-order chi connectivity index (χ0) is 12.1. The molecule has 0 bridgehead atoms. The maximum Gasteiger partial charge on any atom is 0.115 e. The predicted molar refractivity (Wildman–Crippen MR) is 69.1 cm³/mol. The third-order valence-electron chi connectivity index (χ3n) is 2.53. The van der Waals surface area contributed by atoms with E-state index in [1.54, 1.807) is 23.5 Å². The van der Waals surface area contributed by atoms with Gasteiger partial charge in [-0.1, -0.05) is 12.1 Å². The highest BCUT2D eigenvalue weighted by atomic mass is 32.1. The number of thiophene rings is 1. The van der Waals surface area contributed by atoms with E-state index in [0.717, 1.165) is 11.1 Å². The van der Waals surface area contributed by atoms with Crippen LogP contribution in [0, 0.1) is 0 Å². The summed E-state index contributed by atoms with van der Waals surface area (Å²) in [6.07, 6.45) is -0.460. The zero-order valence-corrected chi connectivity index (χ0v) is 10.2.